The smallest absolute Gasteiger partial charge is 0.141 e. The second-order valence-corrected chi connectivity index (χ2v) is 4.68. The Morgan fingerprint density at radius 3 is 2.65 bits per heavy atom. The molecule has 1 unspecified atom stereocenters. The van der Waals surface area contributed by atoms with E-state index in [9.17, 15) is 4.39 Å². The van der Waals surface area contributed by atoms with Crippen molar-refractivity contribution in [2.24, 2.45) is 0 Å². The Labute approximate surface area is 118 Å². The van der Waals surface area contributed by atoms with Crippen molar-refractivity contribution in [1.82, 2.24) is 4.98 Å². The lowest BCUT2D eigenvalue weighted by Crippen LogP contribution is -2.07. The molecule has 0 saturated carbocycles. The third-order valence-corrected chi connectivity index (χ3v) is 2.94. The van der Waals surface area contributed by atoms with Gasteiger partial charge in [0.25, 0.3) is 0 Å². The first-order valence-corrected chi connectivity index (χ1v) is 6.79. The van der Waals surface area contributed by atoms with Gasteiger partial charge in [-0.05, 0) is 49.2 Å². The van der Waals surface area contributed by atoms with Gasteiger partial charge in [-0.25, -0.2) is 4.39 Å². The van der Waals surface area contributed by atoms with Crippen molar-refractivity contribution in [1.29, 1.82) is 0 Å². The molecule has 1 aromatic carbocycles. The van der Waals surface area contributed by atoms with Crippen molar-refractivity contribution in [3.63, 3.8) is 0 Å². The van der Waals surface area contributed by atoms with E-state index in [0.717, 1.165) is 30.0 Å². The van der Waals surface area contributed by atoms with Crippen LogP contribution in [0.2, 0.25) is 0 Å². The Bertz CT molecular complexity index is 542. The number of rotatable bonds is 6. The number of benzene rings is 1. The standard InChI is InChI=1S/C16H19FN2O/c1-3-8-20-16-6-4-15(5-7-16)19-12(2)13-9-14(17)11-18-10-13/h4-7,9-12,19H,3,8H2,1-2H3. The monoisotopic (exact) mass is 274 g/mol. The molecule has 106 valence electrons. The van der Waals surface area contributed by atoms with E-state index in [1.165, 1.54) is 12.3 Å². The summed E-state index contributed by atoms with van der Waals surface area (Å²) in [7, 11) is 0. The molecule has 0 bridgehead atoms. The highest BCUT2D eigenvalue weighted by Gasteiger charge is 2.07. The minimum absolute atomic E-state index is 0.0133. The lowest BCUT2D eigenvalue weighted by atomic mass is 10.1. The molecule has 0 aliphatic heterocycles. The highest BCUT2D eigenvalue weighted by atomic mass is 19.1. The lowest BCUT2D eigenvalue weighted by Gasteiger charge is -2.15. The molecular weight excluding hydrogens is 255 g/mol. The quantitative estimate of drug-likeness (QED) is 0.858. The van der Waals surface area contributed by atoms with Crippen LogP contribution in [0.5, 0.6) is 5.75 Å². The van der Waals surface area contributed by atoms with E-state index in [-0.39, 0.29) is 11.9 Å². The number of hydrogen-bond donors (Lipinski definition) is 1. The van der Waals surface area contributed by atoms with Gasteiger partial charge in [-0.3, -0.25) is 4.98 Å². The number of anilines is 1. The molecule has 2 aromatic rings. The molecule has 1 heterocycles. The summed E-state index contributed by atoms with van der Waals surface area (Å²) in [5.74, 6) is 0.539. The summed E-state index contributed by atoms with van der Waals surface area (Å²) in [6, 6.07) is 9.23. The van der Waals surface area contributed by atoms with Crippen molar-refractivity contribution in [3.8, 4) is 5.75 Å². The molecule has 1 atom stereocenters. The summed E-state index contributed by atoms with van der Waals surface area (Å²) < 4.78 is 18.7. The van der Waals surface area contributed by atoms with Crippen LogP contribution in [0, 0.1) is 5.82 Å². The van der Waals surface area contributed by atoms with Crippen molar-refractivity contribution in [3.05, 3.63) is 54.1 Å². The van der Waals surface area contributed by atoms with E-state index >= 15 is 0 Å². The molecule has 0 saturated heterocycles. The first-order valence-electron chi connectivity index (χ1n) is 6.79. The highest BCUT2D eigenvalue weighted by Crippen LogP contribution is 2.21. The van der Waals surface area contributed by atoms with E-state index in [1.807, 2.05) is 31.2 Å². The summed E-state index contributed by atoms with van der Waals surface area (Å²) in [6.45, 7) is 4.76. The van der Waals surface area contributed by atoms with Crippen LogP contribution >= 0.6 is 0 Å². The summed E-state index contributed by atoms with van der Waals surface area (Å²) in [4.78, 5) is 3.86. The van der Waals surface area contributed by atoms with Gasteiger partial charge in [0.15, 0.2) is 0 Å². The summed E-state index contributed by atoms with van der Waals surface area (Å²) in [6.07, 6.45) is 3.86. The topological polar surface area (TPSA) is 34.1 Å². The van der Waals surface area contributed by atoms with Crippen molar-refractivity contribution < 1.29 is 9.13 Å². The Morgan fingerprint density at radius 2 is 2.00 bits per heavy atom. The average molecular weight is 274 g/mol. The molecule has 20 heavy (non-hydrogen) atoms. The van der Waals surface area contributed by atoms with Gasteiger partial charge in [-0.15, -0.1) is 0 Å². The minimum atomic E-state index is -0.320. The second kappa shape index (κ2) is 6.89. The first kappa shape index (κ1) is 14.3. The Morgan fingerprint density at radius 1 is 1.25 bits per heavy atom. The number of aromatic nitrogens is 1. The molecule has 1 aromatic heterocycles. The Hall–Kier alpha value is -2.10. The van der Waals surface area contributed by atoms with E-state index in [1.54, 1.807) is 6.20 Å². The zero-order valence-electron chi connectivity index (χ0n) is 11.8. The Balaban J connectivity index is 1.99. The highest BCUT2D eigenvalue weighted by molar-refractivity contribution is 5.48. The molecular formula is C16H19FN2O. The van der Waals surface area contributed by atoms with Crippen LogP contribution in [-0.2, 0) is 0 Å². The van der Waals surface area contributed by atoms with Gasteiger partial charge >= 0.3 is 0 Å². The fourth-order valence-corrected chi connectivity index (χ4v) is 1.87. The van der Waals surface area contributed by atoms with Gasteiger partial charge in [0.1, 0.15) is 11.6 Å². The molecule has 4 heteroatoms. The molecule has 0 radical (unpaired) electrons. The molecule has 0 aliphatic rings. The van der Waals surface area contributed by atoms with Crippen LogP contribution in [0.3, 0.4) is 0 Å². The average Bonchev–Trinajstić information content (AvgIpc) is 2.46. The van der Waals surface area contributed by atoms with Crippen molar-refractivity contribution >= 4 is 5.69 Å². The van der Waals surface area contributed by atoms with Gasteiger partial charge in [-0.1, -0.05) is 6.92 Å². The number of nitrogens with zero attached hydrogens (tertiary/aromatic N) is 1. The number of ether oxygens (including phenoxy) is 1. The van der Waals surface area contributed by atoms with Gasteiger partial charge in [0.2, 0.25) is 0 Å². The molecule has 0 aliphatic carbocycles. The first-order chi connectivity index (χ1) is 9.69. The SMILES string of the molecule is CCCOc1ccc(NC(C)c2cncc(F)c2)cc1. The van der Waals surface area contributed by atoms with Crippen LogP contribution in [0.25, 0.3) is 0 Å². The van der Waals surface area contributed by atoms with E-state index in [2.05, 4.69) is 17.2 Å². The maximum Gasteiger partial charge on any atom is 0.141 e. The largest absolute Gasteiger partial charge is 0.494 e. The molecule has 1 N–H and O–H groups in total. The molecule has 0 fully saturated rings. The predicted octanol–water partition coefficient (Wildman–Crippen LogP) is 4.18. The lowest BCUT2D eigenvalue weighted by molar-refractivity contribution is 0.317. The molecule has 0 amide bonds. The minimum Gasteiger partial charge on any atom is -0.494 e. The number of nitrogens with one attached hydrogen (secondary N) is 1. The third-order valence-electron chi connectivity index (χ3n) is 2.94. The van der Waals surface area contributed by atoms with Crippen LogP contribution < -0.4 is 10.1 Å². The van der Waals surface area contributed by atoms with E-state index < -0.39 is 0 Å². The fraction of sp³-hybridized carbons (Fsp3) is 0.312. The van der Waals surface area contributed by atoms with Gasteiger partial charge in [-0.2, -0.15) is 0 Å². The fourth-order valence-electron chi connectivity index (χ4n) is 1.87. The summed E-state index contributed by atoms with van der Waals surface area (Å²) in [5, 5.41) is 3.31. The summed E-state index contributed by atoms with van der Waals surface area (Å²) in [5.41, 5.74) is 1.78. The van der Waals surface area contributed by atoms with Crippen molar-refractivity contribution in [2.45, 2.75) is 26.3 Å². The molecule has 3 nitrogen and oxygen atoms in total. The predicted molar refractivity (Wildman–Crippen MR) is 78.5 cm³/mol. The van der Waals surface area contributed by atoms with Gasteiger partial charge in [0, 0.05) is 11.9 Å². The van der Waals surface area contributed by atoms with Gasteiger partial charge < -0.3 is 10.1 Å². The zero-order chi connectivity index (χ0) is 14.4. The number of pyridine rings is 1. The normalized spacial score (nSPS) is 11.9. The van der Waals surface area contributed by atoms with Crippen LogP contribution in [0.15, 0.2) is 42.7 Å². The Kier molecular flexibility index (Phi) is 4.93. The zero-order valence-corrected chi connectivity index (χ0v) is 11.8. The maximum absolute atomic E-state index is 13.1. The summed E-state index contributed by atoms with van der Waals surface area (Å²) >= 11 is 0. The third kappa shape index (κ3) is 3.95. The number of halogens is 1. The van der Waals surface area contributed by atoms with Crippen LogP contribution in [-0.4, -0.2) is 11.6 Å². The second-order valence-electron chi connectivity index (χ2n) is 4.68. The number of hydrogen-bond acceptors (Lipinski definition) is 3. The van der Waals surface area contributed by atoms with Gasteiger partial charge in [0.05, 0.1) is 18.8 Å². The van der Waals surface area contributed by atoms with Crippen molar-refractivity contribution in [2.75, 3.05) is 11.9 Å². The van der Waals surface area contributed by atoms with Crippen LogP contribution in [0.1, 0.15) is 31.9 Å². The van der Waals surface area contributed by atoms with Crippen LogP contribution in [0.4, 0.5) is 10.1 Å². The molecule has 0 spiro atoms. The molecule has 2 rings (SSSR count). The van der Waals surface area contributed by atoms with E-state index in [4.69, 9.17) is 4.74 Å². The van der Waals surface area contributed by atoms with E-state index in [0.29, 0.717) is 0 Å². The maximum atomic E-state index is 13.1.